The molecule has 1 saturated heterocycles. The molecule has 0 atom stereocenters. The maximum Gasteiger partial charge on any atom is 0.337 e. The molecule has 1 fully saturated rings. The number of benzene rings is 1. The molecule has 3 nitrogen and oxygen atoms in total. The smallest absolute Gasteiger partial charge is 0.337 e. The molecular weight excluding hydrogens is 284 g/mol. The number of hydrogen-bond donors (Lipinski definition) is 0. The monoisotopic (exact) mass is 298 g/mol. The number of carbonyl (C=O) groups is 1. The van der Waals surface area contributed by atoms with Gasteiger partial charge in [-0.3, -0.25) is 0 Å². The van der Waals surface area contributed by atoms with E-state index in [2.05, 4.69) is 22.0 Å². The lowest BCUT2D eigenvalue weighted by atomic mass is 9.91. The number of hydrogen-bond acceptors (Lipinski definition) is 3. The highest BCUT2D eigenvalue weighted by atomic mass is 79.9. The van der Waals surface area contributed by atoms with E-state index in [0.717, 1.165) is 30.5 Å². The van der Waals surface area contributed by atoms with E-state index in [0.29, 0.717) is 11.5 Å². The highest BCUT2D eigenvalue weighted by molar-refractivity contribution is 9.10. The molecule has 0 saturated carbocycles. The van der Waals surface area contributed by atoms with E-state index in [1.807, 2.05) is 6.07 Å². The van der Waals surface area contributed by atoms with Crippen molar-refractivity contribution >= 4 is 21.9 Å². The van der Waals surface area contributed by atoms with Crippen molar-refractivity contribution in [3.8, 4) is 0 Å². The third-order valence-corrected chi connectivity index (χ3v) is 3.49. The lowest BCUT2D eigenvalue weighted by Crippen LogP contribution is -2.14. The standard InChI is InChI=1S/C13H15BrO3/c1-16-13(15)11-6-10(7-12(14)8-11)9-2-4-17-5-3-9/h6-9H,2-5H2,1H3. The Hall–Kier alpha value is -0.870. The number of halogens is 1. The number of ether oxygens (including phenoxy) is 2. The molecule has 1 aliphatic rings. The largest absolute Gasteiger partial charge is 0.465 e. The van der Waals surface area contributed by atoms with Gasteiger partial charge in [-0.25, -0.2) is 4.79 Å². The first-order valence-corrected chi connectivity index (χ1v) is 6.46. The molecule has 1 aromatic carbocycles. The van der Waals surface area contributed by atoms with Gasteiger partial charge in [0, 0.05) is 17.7 Å². The molecule has 17 heavy (non-hydrogen) atoms. The Bertz CT molecular complexity index is 411. The van der Waals surface area contributed by atoms with Crippen LogP contribution in [0.15, 0.2) is 22.7 Å². The van der Waals surface area contributed by atoms with E-state index < -0.39 is 0 Å². The van der Waals surface area contributed by atoms with E-state index in [9.17, 15) is 4.79 Å². The fourth-order valence-corrected chi connectivity index (χ4v) is 2.63. The average molecular weight is 299 g/mol. The zero-order valence-electron chi connectivity index (χ0n) is 9.74. The Kier molecular flexibility index (Phi) is 4.18. The molecule has 0 aromatic heterocycles. The highest BCUT2D eigenvalue weighted by Gasteiger charge is 2.18. The van der Waals surface area contributed by atoms with Crippen molar-refractivity contribution in [1.82, 2.24) is 0 Å². The van der Waals surface area contributed by atoms with Gasteiger partial charge >= 0.3 is 5.97 Å². The van der Waals surface area contributed by atoms with Crippen LogP contribution in [0.25, 0.3) is 0 Å². The van der Waals surface area contributed by atoms with Crippen LogP contribution in [0.1, 0.15) is 34.7 Å². The summed E-state index contributed by atoms with van der Waals surface area (Å²) in [6.07, 6.45) is 2.02. The van der Waals surface area contributed by atoms with Crippen LogP contribution >= 0.6 is 15.9 Å². The third kappa shape index (κ3) is 3.07. The zero-order valence-corrected chi connectivity index (χ0v) is 11.3. The Morgan fingerprint density at radius 3 is 2.71 bits per heavy atom. The molecule has 0 unspecified atom stereocenters. The van der Waals surface area contributed by atoms with Crippen molar-refractivity contribution in [2.45, 2.75) is 18.8 Å². The molecule has 1 aliphatic heterocycles. The van der Waals surface area contributed by atoms with E-state index in [1.54, 1.807) is 6.07 Å². The molecular formula is C13H15BrO3. The van der Waals surface area contributed by atoms with Crippen LogP contribution in [0.2, 0.25) is 0 Å². The van der Waals surface area contributed by atoms with Gasteiger partial charge in [-0.15, -0.1) is 0 Å². The molecule has 0 aliphatic carbocycles. The molecule has 0 bridgehead atoms. The topological polar surface area (TPSA) is 35.5 Å². The fourth-order valence-electron chi connectivity index (χ4n) is 2.11. The quantitative estimate of drug-likeness (QED) is 0.787. The molecule has 2 rings (SSSR count). The van der Waals surface area contributed by atoms with E-state index in [4.69, 9.17) is 9.47 Å². The van der Waals surface area contributed by atoms with Gasteiger partial charge in [-0.2, -0.15) is 0 Å². The molecule has 0 radical (unpaired) electrons. The van der Waals surface area contributed by atoms with Crippen LogP contribution in [-0.2, 0) is 9.47 Å². The molecule has 1 aromatic rings. The van der Waals surface area contributed by atoms with Crippen LogP contribution in [0, 0.1) is 0 Å². The molecule has 0 spiro atoms. The van der Waals surface area contributed by atoms with Crippen LogP contribution < -0.4 is 0 Å². The summed E-state index contributed by atoms with van der Waals surface area (Å²) in [7, 11) is 1.40. The number of esters is 1. The van der Waals surface area contributed by atoms with Gasteiger partial charge in [0.25, 0.3) is 0 Å². The van der Waals surface area contributed by atoms with Crippen LogP contribution in [-0.4, -0.2) is 26.3 Å². The summed E-state index contributed by atoms with van der Waals surface area (Å²) < 4.78 is 11.0. The zero-order chi connectivity index (χ0) is 12.3. The molecule has 0 amide bonds. The summed E-state index contributed by atoms with van der Waals surface area (Å²) in [4.78, 5) is 11.5. The van der Waals surface area contributed by atoms with Gasteiger partial charge in [-0.1, -0.05) is 15.9 Å². The summed E-state index contributed by atoms with van der Waals surface area (Å²) in [6, 6.07) is 5.78. The van der Waals surface area contributed by atoms with E-state index in [-0.39, 0.29) is 5.97 Å². The molecule has 1 heterocycles. The normalized spacial score (nSPS) is 16.8. The summed E-state index contributed by atoms with van der Waals surface area (Å²) >= 11 is 3.44. The third-order valence-electron chi connectivity index (χ3n) is 3.03. The fraction of sp³-hybridized carbons (Fsp3) is 0.462. The lowest BCUT2D eigenvalue weighted by molar-refractivity contribution is 0.0600. The average Bonchev–Trinajstić information content (AvgIpc) is 2.38. The molecule has 92 valence electrons. The summed E-state index contributed by atoms with van der Waals surface area (Å²) in [5, 5.41) is 0. The van der Waals surface area contributed by atoms with Crippen molar-refractivity contribution in [3.63, 3.8) is 0 Å². The number of rotatable bonds is 2. The lowest BCUT2D eigenvalue weighted by Gasteiger charge is -2.23. The van der Waals surface area contributed by atoms with Gasteiger partial charge in [0.2, 0.25) is 0 Å². The first-order chi connectivity index (χ1) is 8.20. The second kappa shape index (κ2) is 5.65. The Morgan fingerprint density at radius 1 is 1.35 bits per heavy atom. The van der Waals surface area contributed by atoms with Crippen LogP contribution in [0.5, 0.6) is 0 Å². The molecule has 4 heteroatoms. The minimum atomic E-state index is -0.292. The van der Waals surface area contributed by atoms with E-state index >= 15 is 0 Å². The minimum absolute atomic E-state index is 0.292. The predicted octanol–water partition coefficient (Wildman–Crippen LogP) is 3.13. The van der Waals surface area contributed by atoms with Gasteiger partial charge in [-0.05, 0) is 42.5 Å². The van der Waals surface area contributed by atoms with Gasteiger partial charge in [0.05, 0.1) is 12.7 Å². The Morgan fingerprint density at radius 2 is 2.06 bits per heavy atom. The second-order valence-corrected chi connectivity index (χ2v) is 5.07. The Labute approximate surface area is 109 Å². The predicted molar refractivity (Wildman–Crippen MR) is 68.3 cm³/mol. The molecule has 0 N–H and O–H groups in total. The number of methoxy groups -OCH3 is 1. The van der Waals surface area contributed by atoms with Crippen molar-refractivity contribution in [2.75, 3.05) is 20.3 Å². The van der Waals surface area contributed by atoms with Gasteiger partial charge in [0.1, 0.15) is 0 Å². The second-order valence-electron chi connectivity index (χ2n) is 4.15. The number of carbonyl (C=O) groups excluding carboxylic acids is 1. The van der Waals surface area contributed by atoms with E-state index in [1.165, 1.54) is 12.7 Å². The van der Waals surface area contributed by atoms with Crippen LogP contribution in [0.3, 0.4) is 0 Å². The van der Waals surface area contributed by atoms with Crippen molar-refractivity contribution in [1.29, 1.82) is 0 Å². The summed E-state index contributed by atoms with van der Waals surface area (Å²) in [5.74, 6) is 0.185. The maximum absolute atomic E-state index is 11.5. The first kappa shape index (κ1) is 12.6. The summed E-state index contributed by atoms with van der Waals surface area (Å²) in [6.45, 7) is 1.59. The van der Waals surface area contributed by atoms with Crippen molar-refractivity contribution < 1.29 is 14.3 Å². The Balaban J connectivity index is 2.27. The summed E-state index contributed by atoms with van der Waals surface area (Å²) in [5.41, 5.74) is 1.78. The van der Waals surface area contributed by atoms with Crippen molar-refractivity contribution in [3.05, 3.63) is 33.8 Å². The van der Waals surface area contributed by atoms with Crippen LogP contribution in [0.4, 0.5) is 0 Å². The SMILES string of the molecule is COC(=O)c1cc(Br)cc(C2CCOCC2)c1. The highest BCUT2D eigenvalue weighted by Crippen LogP contribution is 2.30. The van der Waals surface area contributed by atoms with Gasteiger partial charge in [0.15, 0.2) is 0 Å². The van der Waals surface area contributed by atoms with Gasteiger partial charge < -0.3 is 9.47 Å². The van der Waals surface area contributed by atoms with Crippen molar-refractivity contribution in [2.24, 2.45) is 0 Å². The maximum atomic E-state index is 11.5. The minimum Gasteiger partial charge on any atom is -0.465 e. The first-order valence-electron chi connectivity index (χ1n) is 5.67.